The molecule has 2 heterocycles. The molecule has 2 amide bonds. The Morgan fingerprint density at radius 3 is 2.85 bits per heavy atom. The standard InChI is InChI=1S/C20H18FN3O3/c1-13(25)22-11-16-12-24(20(26)27-16)15-6-7-19(17(21)10-15)23-9-8-14-4-2-3-5-18(14)23/h2-10,16H,11-12H2,1H3,(H,22,25). The molecule has 1 unspecified atom stereocenters. The van der Waals surface area contributed by atoms with Crippen LogP contribution in [0.1, 0.15) is 6.92 Å². The zero-order chi connectivity index (χ0) is 19.0. The number of hydrogen-bond acceptors (Lipinski definition) is 3. The zero-order valence-electron chi connectivity index (χ0n) is 14.7. The highest BCUT2D eigenvalue weighted by molar-refractivity contribution is 5.90. The predicted molar refractivity (Wildman–Crippen MR) is 99.5 cm³/mol. The third kappa shape index (κ3) is 3.23. The van der Waals surface area contributed by atoms with Gasteiger partial charge in [0.2, 0.25) is 5.91 Å². The number of nitrogens with one attached hydrogen (secondary N) is 1. The Kier molecular flexibility index (Phi) is 4.27. The van der Waals surface area contributed by atoms with Crippen molar-refractivity contribution in [3.63, 3.8) is 0 Å². The number of cyclic esters (lactones) is 1. The number of anilines is 1. The van der Waals surface area contributed by atoms with Crippen LogP contribution in [0.2, 0.25) is 0 Å². The summed E-state index contributed by atoms with van der Waals surface area (Å²) < 4.78 is 21.8. The van der Waals surface area contributed by atoms with Crippen molar-refractivity contribution in [1.29, 1.82) is 0 Å². The maximum Gasteiger partial charge on any atom is 0.414 e. The lowest BCUT2D eigenvalue weighted by molar-refractivity contribution is -0.119. The smallest absolute Gasteiger partial charge is 0.414 e. The number of para-hydroxylation sites is 1. The Hall–Kier alpha value is -3.35. The third-order valence-electron chi connectivity index (χ3n) is 4.55. The summed E-state index contributed by atoms with van der Waals surface area (Å²) in [5.74, 6) is -0.634. The van der Waals surface area contributed by atoms with Gasteiger partial charge in [-0.05, 0) is 35.7 Å². The summed E-state index contributed by atoms with van der Waals surface area (Å²) >= 11 is 0. The van der Waals surface area contributed by atoms with Crippen molar-refractivity contribution in [2.24, 2.45) is 0 Å². The Balaban J connectivity index is 1.59. The van der Waals surface area contributed by atoms with Crippen molar-refractivity contribution in [3.05, 3.63) is 60.5 Å². The molecule has 1 N–H and O–H groups in total. The van der Waals surface area contributed by atoms with E-state index in [4.69, 9.17) is 4.74 Å². The molecular weight excluding hydrogens is 349 g/mol. The van der Waals surface area contributed by atoms with Crippen LogP contribution < -0.4 is 10.2 Å². The molecule has 0 radical (unpaired) electrons. The molecule has 4 rings (SSSR count). The van der Waals surface area contributed by atoms with E-state index in [1.54, 1.807) is 16.7 Å². The van der Waals surface area contributed by atoms with Gasteiger partial charge in [-0.2, -0.15) is 0 Å². The summed E-state index contributed by atoms with van der Waals surface area (Å²) in [6, 6.07) is 14.3. The summed E-state index contributed by atoms with van der Waals surface area (Å²) in [5, 5.41) is 3.63. The summed E-state index contributed by atoms with van der Waals surface area (Å²) in [6.45, 7) is 1.88. The van der Waals surface area contributed by atoms with Crippen molar-refractivity contribution in [2.45, 2.75) is 13.0 Å². The molecule has 1 aromatic heterocycles. The number of halogens is 1. The molecule has 1 aliphatic rings. The van der Waals surface area contributed by atoms with Gasteiger partial charge in [0, 0.05) is 13.1 Å². The average Bonchev–Trinajstić information content (AvgIpc) is 3.23. The van der Waals surface area contributed by atoms with Gasteiger partial charge in [-0.15, -0.1) is 0 Å². The molecule has 1 saturated heterocycles. The molecular formula is C20H18FN3O3. The molecule has 0 bridgehead atoms. The van der Waals surface area contributed by atoms with E-state index in [1.807, 2.05) is 36.5 Å². The lowest BCUT2D eigenvalue weighted by atomic mass is 10.2. The Morgan fingerprint density at radius 2 is 2.07 bits per heavy atom. The fourth-order valence-corrected chi connectivity index (χ4v) is 3.25. The highest BCUT2D eigenvalue weighted by Gasteiger charge is 2.32. The van der Waals surface area contributed by atoms with Crippen molar-refractivity contribution < 1.29 is 18.7 Å². The lowest BCUT2D eigenvalue weighted by Gasteiger charge is -2.15. The Bertz CT molecular complexity index is 1030. The van der Waals surface area contributed by atoms with Crippen LogP contribution in [0, 0.1) is 5.82 Å². The van der Waals surface area contributed by atoms with Gasteiger partial charge >= 0.3 is 6.09 Å². The van der Waals surface area contributed by atoms with Gasteiger partial charge in [-0.1, -0.05) is 18.2 Å². The first-order valence-electron chi connectivity index (χ1n) is 8.61. The minimum atomic E-state index is -0.552. The van der Waals surface area contributed by atoms with Crippen LogP contribution in [0.5, 0.6) is 0 Å². The normalized spacial score (nSPS) is 16.6. The topological polar surface area (TPSA) is 63.6 Å². The second kappa shape index (κ2) is 6.75. The van der Waals surface area contributed by atoms with Crippen molar-refractivity contribution in [3.8, 4) is 5.69 Å². The average molecular weight is 367 g/mol. The monoisotopic (exact) mass is 367 g/mol. The van der Waals surface area contributed by atoms with Crippen molar-refractivity contribution in [1.82, 2.24) is 9.88 Å². The predicted octanol–water partition coefficient (Wildman–Crippen LogP) is 3.23. The SMILES string of the molecule is CC(=O)NCC1CN(c2ccc(-n3ccc4ccccc43)c(F)c2)C(=O)O1. The summed E-state index contributed by atoms with van der Waals surface area (Å²) in [5.41, 5.74) is 1.73. The van der Waals surface area contributed by atoms with Crippen LogP contribution in [0.4, 0.5) is 14.9 Å². The molecule has 0 aliphatic carbocycles. The number of benzene rings is 2. The number of rotatable bonds is 4. The highest BCUT2D eigenvalue weighted by Crippen LogP contribution is 2.27. The molecule has 7 heteroatoms. The summed E-state index contributed by atoms with van der Waals surface area (Å²) in [7, 11) is 0. The van der Waals surface area contributed by atoms with E-state index < -0.39 is 18.0 Å². The zero-order valence-corrected chi connectivity index (χ0v) is 14.7. The fraction of sp³-hybridized carbons (Fsp3) is 0.200. The van der Waals surface area contributed by atoms with Gasteiger partial charge in [-0.25, -0.2) is 9.18 Å². The van der Waals surface area contributed by atoms with Crippen LogP contribution in [0.15, 0.2) is 54.7 Å². The molecule has 6 nitrogen and oxygen atoms in total. The summed E-state index contributed by atoms with van der Waals surface area (Å²) in [4.78, 5) is 24.5. The van der Waals surface area contributed by atoms with Crippen LogP contribution in [0.3, 0.4) is 0 Å². The molecule has 0 spiro atoms. The molecule has 27 heavy (non-hydrogen) atoms. The van der Waals surface area contributed by atoms with E-state index in [1.165, 1.54) is 17.9 Å². The molecule has 1 atom stereocenters. The second-order valence-electron chi connectivity index (χ2n) is 6.43. The summed E-state index contributed by atoms with van der Waals surface area (Å²) in [6.07, 6.45) is 0.803. The van der Waals surface area contributed by atoms with Crippen LogP contribution in [-0.4, -0.2) is 35.8 Å². The number of aromatic nitrogens is 1. The largest absolute Gasteiger partial charge is 0.442 e. The van der Waals surface area contributed by atoms with Crippen LogP contribution in [0.25, 0.3) is 16.6 Å². The van der Waals surface area contributed by atoms with Gasteiger partial charge in [0.15, 0.2) is 0 Å². The Morgan fingerprint density at radius 1 is 1.26 bits per heavy atom. The first-order valence-corrected chi connectivity index (χ1v) is 8.61. The molecule has 1 fully saturated rings. The van der Waals surface area contributed by atoms with Gasteiger partial charge < -0.3 is 14.6 Å². The number of ether oxygens (including phenoxy) is 1. The third-order valence-corrected chi connectivity index (χ3v) is 4.55. The maximum atomic E-state index is 14.8. The molecule has 2 aromatic carbocycles. The number of amides is 2. The van der Waals surface area contributed by atoms with E-state index in [9.17, 15) is 14.0 Å². The minimum absolute atomic E-state index is 0.196. The first kappa shape index (κ1) is 17.1. The van der Waals surface area contributed by atoms with E-state index >= 15 is 0 Å². The van der Waals surface area contributed by atoms with E-state index in [-0.39, 0.29) is 19.0 Å². The molecule has 0 saturated carbocycles. The molecule has 138 valence electrons. The van der Waals surface area contributed by atoms with Gasteiger partial charge in [0.25, 0.3) is 0 Å². The first-order chi connectivity index (χ1) is 13.0. The number of carbonyl (C=O) groups excluding carboxylic acids is 2. The number of nitrogens with zero attached hydrogens (tertiary/aromatic N) is 2. The lowest BCUT2D eigenvalue weighted by Crippen LogP contribution is -2.33. The maximum absolute atomic E-state index is 14.8. The van der Waals surface area contributed by atoms with E-state index in [2.05, 4.69) is 5.32 Å². The van der Waals surface area contributed by atoms with Crippen LogP contribution >= 0.6 is 0 Å². The van der Waals surface area contributed by atoms with E-state index in [0.29, 0.717) is 11.4 Å². The number of hydrogen-bond donors (Lipinski definition) is 1. The molecule has 1 aliphatic heterocycles. The van der Waals surface area contributed by atoms with Crippen molar-refractivity contribution in [2.75, 3.05) is 18.0 Å². The second-order valence-corrected chi connectivity index (χ2v) is 6.43. The van der Waals surface area contributed by atoms with Crippen molar-refractivity contribution >= 4 is 28.6 Å². The minimum Gasteiger partial charge on any atom is -0.442 e. The van der Waals surface area contributed by atoms with Crippen LogP contribution in [-0.2, 0) is 9.53 Å². The molecule has 3 aromatic rings. The van der Waals surface area contributed by atoms with Gasteiger partial charge in [0.05, 0.1) is 30.0 Å². The number of fused-ring (bicyclic) bond motifs is 1. The quantitative estimate of drug-likeness (QED) is 0.770. The van der Waals surface area contributed by atoms with Gasteiger partial charge in [0.1, 0.15) is 11.9 Å². The fourth-order valence-electron chi connectivity index (χ4n) is 3.25. The Labute approximate surface area is 155 Å². The number of carbonyl (C=O) groups is 2. The van der Waals surface area contributed by atoms with Gasteiger partial charge in [-0.3, -0.25) is 9.69 Å². The highest BCUT2D eigenvalue weighted by atomic mass is 19.1. The van der Waals surface area contributed by atoms with E-state index in [0.717, 1.165) is 10.9 Å².